The van der Waals surface area contributed by atoms with Crippen molar-refractivity contribution in [2.75, 3.05) is 0 Å². The third kappa shape index (κ3) is 1.92. The Kier molecular flexibility index (Phi) is 2.66. The largest absolute Gasteiger partial charge is 0.385 e. The maximum Gasteiger partial charge on any atom is 0.203 e. The van der Waals surface area contributed by atoms with Gasteiger partial charge in [0.25, 0.3) is 0 Å². The molecular formula is C10H11FN4O. The maximum atomic E-state index is 13.5. The molecule has 16 heavy (non-hydrogen) atoms. The van der Waals surface area contributed by atoms with Crippen LogP contribution in [0.4, 0.5) is 4.39 Å². The van der Waals surface area contributed by atoms with Crippen LogP contribution in [-0.2, 0) is 0 Å². The number of benzene rings is 1. The van der Waals surface area contributed by atoms with E-state index in [1.165, 1.54) is 13.0 Å². The zero-order valence-electron chi connectivity index (χ0n) is 8.92. The van der Waals surface area contributed by atoms with E-state index in [9.17, 15) is 9.50 Å². The monoisotopic (exact) mass is 222 g/mol. The fourth-order valence-corrected chi connectivity index (χ4v) is 1.27. The number of hydrogen-bond acceptors (Lipinski definition) is 4. The molecule has 0 aliphatic heterocycles. The van der Waals surface area contributed by atoms with Gasteiger partial charge in [0.2, 0.25) is 5.82 Å². The van der Waals surface area contributed by atoms with Gasteiger partial charge in [-0.05, 0) is 36.8 Å². The lowest BCUT2D eigenvalue weighted by Crippen LogP contribution is -2.03. The molecule has 5 nitrogen and oxygen atoms in total. The molecule has 0 radical (unpaired) electrons. The van der Waals surface area contributed by atoms with E-state index in [0.717, 1.165) is 10.4 Å². The van der Waals surface area contributed by atoms with Crippen LogP contribution in [0.1, 0.15) is 24.4 Å². The van der Waals surface area contributed by atoms with E-state index >= 15 is 0 Å². The first-order chi connectivity index (χ1) is 7.58. The number of aliphatic hydroxyl groups excluding tert-OH is 1. The first-order valence-electron chi connectivity index (χ1n) is 4.82. The van der Waals surface area contributed by atoms with E-state index in [1.54, 1.807) is 12.1 Å². The Morgan fingerprint density at radius 1 is 1.44 bits per heavy atom. The minimum Gasteiger partial charge on any atom is -0.385 e. The van der Waals surface area contributed by atoms with Gasteiger partial charge in [-0.15, -0.1) is 15.0 Å². The third-order valence-corrected chi connectivity index (χ3v) is 2.12. The maximum absolute atomic E-state index is 13.5. The number of aliphatic hydroxyl groups is 1. The van der Waals surface area contributed by atoms with Crippen LogP contribution in [0.15, 0.2) is 18.2 Å². The molecule has 84 valence electrons. The standard InChI is InChI=1S/C10H11FN4O/c1-6-3-4-8(11)9(5-6)15-13-10(7(2)16)12-14-15/h3-5,7,16H,1-2H3. The van der Waals surface area contributed by atoms with Crippen molar-refractivity contribution in [2.24, 2.45) is 0 Å². The van der Waals surface area contributed by atoms with Crippen LogP contribution in [-0.4, -0.2) is 25.3 Å². The van der Waals surface area contributed by atoms with Gasteiger partial charge in [-0.25, -0.2) is 4.39 Å². The van der Waals surface area contributed by atoms with E-state index < -0.39 is 11.9 Å². The van der Waals surface area contributed by atoms with Gasteiger partial charge in [0, 0.05) is 0 Å². The first kappa shape index (κ1) is 10.7. The van der Waals surface area contributed by atoms with Crippen LogP contribution in [0, 0.1) is 12.7 Å². The van der Waals surface area contributed by atoms with Crippen LogP contribution in [0.25, 0.3) is 5.69 Å². The molecular weight excluding hydrogens is 211 g/mol. The molecule has 0 spiro atoms. The van der Waals surface area contributed by atoms with Crippen molar-refractivity contribution in [3.05, 3.63) is 35.4 Å². The molecule has 0 bridgehead atoms. The van der Waals surface area contributed by atoms with Gasteiger partial charge in [0.15, 0.2) is 5.82 Å². The minimum absolute atomic E-state index is 0.168. The number of hydrogen-bond donors (Lipinski definition) is 1. The lowest BCUT2D eigenvalue weighted by atomic mass is 10.2. The van der Waals surface area contributed by atoms with Gasteiger partial charge in [-0.2, -0.15) is 0 Å². The summed E-state index contributed by atoms with van der Waals surface area (Å²) in [4.78, 5) is 1.07. The number of aromatic nitrogens is 4. The fourth-order valence-electron chi connectivity index (χ4n) is 1.27. The SMILES string of the molecule is Cc1ccc(F)c(-n2nnc(C(C)O)n2)c1. The summed E-state index contributed by atoms with van der Waals surface area (Å²) < 4.78 is 13.5. The van der Waals surface area contributed by atoms with Gasteiger partial charge in [-0.3, -0.25) is 0 Å². The summed E-state index contributed by atoms with van der Waals surface area (Å²) in [6.45, 7) is 3.36. The molecule has 0 saturated heterocycles. The first-order valence-corrected chi connectivity index (χ1v) is 4.82. The minimum atomic E-state index is -0.818. The molecule has 6 heteroatoms. The van der Waals surface area contributed by atoms with Crippen LogP contribution in [0.5, 0.6) is 0 Å². The molecule has 2 aromatic rings. The highest BCUT2D eigenvalue weighted by atomic mass is 19.1. The van der Waals surface area contributed by atoms with Crippen molar-refractivity contribution in [2.45, 2.75) is 20.0 Å². The van der Waals surface area contributed by atoms with Gasteiger partial charge in [0.1, 0.15) is 11.8 Å². The Balaban J connectivity index is 2.46. The zero-order chi connectivity index (χ0) is 11.7. The smallest absolute Gasteiger partial charge is 0.203 e. The summed E-state index contributed by atoms with van der Waals surface area (Å²) in [7, 11) is 0. The lowest BCUT2D eigenvalue weighted by Gasteiger charge is -2.01. The van der Waals surface area contributed by atoms with Gasteiger partial charge >= 0.3 is 0 Å². The molecule has 1 atom stereocenters. The summed E-state index contributed by atoms with van der Waals surface area (Å²) >= 11 is 0. The average molecular weight is 222 g/mol. The Morgan fingerprint density at radius 3 is 2.81 bits per heavy atom. The highest BCUT2D eigenvalue weighted by Crippen LogP contribution is 2.14. The van der Waals surface area contributed by atoms with E-state index in [4.69, 9.17) is 0 Å². The van der Waals surface area contributed by atoms with Crippen LogP contribution in [0.3, 0.4) is 0 Å². The molecule has 1 aromatic carbocycles. The fraction of sp³-hybridized carbons (Fsp3) is 0.300. The van der Waals surface area contributed by atoms with Crippen molar-refractivity contribution >= 4 is 0 Å². The van der Waals surface area contributed by atoms with E-state index in [1.807, 2.05) is 6.92 Å². The Labute approximate surface area is 91.5 Å². The molecule has 0 saturated carbocycles. The lowest BCUT2D eigenvalue weighted by molar-refractivity contribution is 0.188. The predicted octanol–water partition coefficient (Wildman–Crippen LogP) is 1.16. The second kappa shape index (κ2) is 3.97. The van der Waals surface area contributed by atoms with Gasteiger partial charge in [0.05, 0.1) is 0 Å². The van der Waals surface area contributed by atoms with E-state index in [-0.39, 0.29) is 11.5 Å². The second-order valence-corrected chi connectivity index (χ2v) is 3.57. The molecule has 2 rings (SSSR count). The molecule has 1 heterocycles. The molecule has 0 fully saturated rings. The summed E-state index contributed by atoms with van der Waals surface area (Å²) in [6.07, 6.45) is -0.818. The van der Waals surface area contributed by atoms with E-state index in [2.05, 4.69) is 15.4 Å². The molecule has 0 aliphatic rings. The summed E-state index contributed by atoms with van der Waals surface area (Å²) in [5, 5.41) is 20.4. The summed E-state index contributed by atoms with van der Waals surface area (Å²) in [5.74, 6) is -0.263. The Morgan fingerprint density at radius 2 is 2.19 bits per heavy atom. The van der Waals surface area contributed by atoms with Crippen molar-refractivity contribution < 1.29 is 9.50 Å². The molecule has 1 aromatic heterocycles. The van der Waals surface area contributed by atoms with Crippen molar-refractivity contribution in [3.8, 4) is 5.69 Å². The quantitative estimate of drug-likeness (QED) is 0.828. The van der Waals surface area contributed by atoms with Crippen molar-refractivity contribution in [3.63, 3.8) is 0 Å². The molecule has 0 aliphatic carbocycles. The van der Waals surface area contributed by atoms with Crippen molar-refractivity contribution in [1.29, 1.82) is 0 Å². The highest BCUT2D eigenvalue weighted by molar-refractivity contribution is 5.34. The average Bonchev–Trinajstić information content (AvgIpc) is 2.70. The van der Waals surface area contributed by atoms with Crippen LogP contribution in [0.2, 0.25) is 0 Å². The molecule has 1 unspecified atom stereocenters. The normalized spacial score (nSPS) is 12.8. The number of aryl methyl sites for hydroxylation is 1. The third-order valence-electron chi connectivity index (χ3n) is 2.12. The van der Waals surface area contributed by atoms with E-state index in [0.29, 0.717) is 0 Å². The van der Waals surface area contributed by atoms with Gasteiger partial charge in [-0.1, -0.05) is 6.07 Å². The topological polar surface area (TPSA) is 63.8 Å². The summed E-state index contributed by atoms with van der Waals surface area (Å²) in [5.41, 5.74) is 1.12. The predicted molar refractivity (Wildman–Crippen MR) is 54.5 cm³/mol. The van der Waals surface area contributed by atoms with Crippen molar-refractivity contribution in [1.82, 2.24) is 20.2 Å². The number of halogens is 1. The highest BCUT2D eigenvalue weighted by Gasteiger charge is 2.12. The number of rotatable bonds is 2. The molecule has 0 amide bonds. The van der Waals surface area contributed by atoms with Gasteiger partial charge < -0.3 is 5.11 Å². The molecule has 1 N–H and O–H groups in total. The Bertz CT molecular complexity index is 509. The number of nitrogens with zero attached hydrogens (tertiary/aromatic N) is 4. The zero-order valence-corrected chi connectivity index (χ0v) is 8.92. The summed E-state index contributed by atoms with van der Waals surface area (Å²) in [6, 6.07) is 4.62. The van der Waals surface area contributed by atoms with Crippen LogP contribution < -0.4 is 0 Å². The second-order valence-electron chi connectivity index (χ2n) is 3.57. The Hall–Kier alpha value is -1.82. The number of tetrazole rings is 1. The van der Waals surface area contributed by atoms with Crippen LogP contribution >= 0.6 is 0 Å².